The highest BCUT2D eigenvalue weighted by molar-refractivity contribution is 7.25. The zero-order chi connectivity index (χ0) is 30.5. The van der Waals surface area contributed by atoms with Gasteiger partial charge in [-0.15, -0.1) is 11.3 Å². The van der Waals surface area contributed by atoms with Crippen molar-refractivity contribution in [2.45, 2.75) is 0 Å². The van der Waals surface area contributed by atoms with Gasteiger partial charge in [-0.1, -0.05) is 127 Å². The average molecular weight is 604 g/mol. The van der Waals surface area contributed by atoms with Crippen LogP contribution in [0.15, 0.2) is 176 Å². The molecule has 0 radical (unpaired) electrons. The number of hydrogen-bond acceptors (Lipinski definition) is 2. The fraction of sp³-hybridized carbons (Fsp3) is 0. The minimum absolute atomic E-state index is 1.13. The van der Waals surface area contributed by atoms with Gasteiger partial charge in [0.15, 0.2) is 0 Å². The van der Waals surface area contributed by atoms with Crippen molar-refractivity contribution >= 4 is 70.1 Å². The van der Waals surface area contributed by atoms with Gasteiger partial charge in [-0.05, 0) is 86.9 Å². The summed E-state index contributed by atoms with van der Waals surface area (Å²) in [6.07, 6.45) is 0. The van der Waals surface area contributed by atoms with E-state index < -0.39 is 0 Å². The lowest BCUT2D eigenvalue weighted by molar-refractivity contribution is 1.30. The average Bonchev–Trinajstić information content (AvgIpc) is 3.49. The smallest absolute Gasteiger partial charge is 0.0540 e. The molecule has 0 atom stereocenters. The number of fused-ring (bicyclic) bond motifs is 5. The zero-order valence-corrected chi connectivity index (χ0v) is 25.9. The number of nitrogens with zero attached hydrogens (tertiary/aromatic N) is 1. The second-order valence-electron chi connectivity index (χ2n) is 11.8. The Morgan fingerprint density at radius 1 is 0.348 bits per heavy atom. The van der Waals surface area contributed by atoms with E-state index in [0.717, 1.165) is 11.4 Å². The predicted molar refractivity (Wildman–Crippen MR) is 200 cm³/mol. The van der Waals surface area contributed by atoms with Crippen molar-refractivity contribution in [3.63, 3.8) is 0 Å². The van der Waals surface area contributed by atoms with Gasteiger partial charge in [0.05, 0.1) is 5.69 Å². The first kappa shape index (κ1) is 26.7. The second kappa shape index (κ2) is 11.0. The molecule has 0 unspecified atom stereocenters. The van der Waals surface area contributed by atoms with Crippen molar-refractivity contribution in [1.29, 1.82) is 0 Å². The number of benzene rings is 8. The van der Waals surface area contributed by atoms with Crippen LogP contribution >= 0.6 is 11.3 Å². The van der Waals surface area contributed by atoms with E-state index in [2.05, 4.69) is 181 Å². The van der Waals surface area contributed by atoms with Crippen LogP contribution in [0.25, 0.3) is 64.0 Å². The summed E-state index contributed by atoms with van der Waals surface area (Å²) in [4.78, 5) is 2.41. The molecule has 9 rings (SSSR count). The molecule has 0 fully saturated rings. The molecule has 0 aliphatic heterocycles. The molecule has 0 aliphatic rings. The number of anilines is 3. The number of hydrogen-bond donors (Lipinski definition) is 0. The molecule has 1 aromatic heterocycles. The largest absolute Gasteiger partial charge is 0.310 e. The van der Waals surface area contributed by atoms with E-state index in [0.29, 0.717) is 0 Å². The van der Waals surface area contributed by atoms with Crippen LogP contribution in [0.5, 0.6) is 0 Å². The standard InChI is InChI=1S/C44H29NS/c1-2-10-30(11-3-1)31-20-24-35(25-21-31)45(36-26-22-33(23-27-36)38-17-8-13-32-12-4-5-15-37(32)38)42-18-9-14-34-28-41-39-16-6-7-19-43(39)46-44(41)29-40(34)42/h1-29H. The van der Waals surface area contributed by atoms with Crippen molar-refractivity contribution in [2.75, 3.05) is 4.90 Å². The highest BCUT2D eigenvalue weighted by Gasteiger charge is 2.17. The van der Waals surface area contributed by atoms with E-state index in [1.165, 1.54) is 69.7 Å². The maximum atomic E-state index is 2.41. The molecule has 0 spiro atoms. The van der Waals surface area contributed by atoms with Crippen molar-refractivity contribution in [1.82, 2.24) is 0 Å². The van der Waals surface area contributed by atoms with Crippen molar-refractivity contribution in [3.8, 4) is 22.3 Å². The van der Waals surface area contributed by atoms with Crippen LogP contribution < -0.4 is 4.90 Å². The van der Waals surface area contributed by atoms with E-state index in [-0.39, 0.29) is 0 Å². The molecule has 0 bridgehead atoms. The summed E-state index contributed by atoms with van der Waals surface area (Å²) in [5.74, 6) is 0. The summed E-state index contributed by atoms with van der Waals surface area (Å²) < 4.78 is 2.64. The molecule has 2 heteroatoms. The van der Waals surface area contributed by atoms with Gasteiger partial charge in [-0.3, -0.25) is 0 Å². The van der Waals surface area contributed by atoms with Gasteiger partial charge >= 0.3 is 0 Å². The summed E-state index contributed by atoms with van der Waals surface area (Å²) in [6.45, 7) is 0. The van der Waals surface area contributed by atoms with Crippen LogP contribution in [0.3, 0.4) is 0 Å². The van der Waals surface area contributed by atoms with E-state index in [9.17, 15) is 0 Å². The molecule has 46 heavy (non-hydrogen) atoms. The molecule has 0 amide bonds. The summed E-state index contributed by atoms with van der Waals surface area (Å²) >= 11 is 1.87. The molecular formula is C44H29NS. The Morgan fingerprint density at radius 3 is 1.76 bits per heavy atom. The fourth-order valence-corrected chi connectivity index (χ4v) is 7.93. The molecular weight excluding hydrogens is 575 g/mol. The summed E-state index contributed by atoms with van der Waals surface area (Å²) in [6, 6.07) is 63.9. The fourth-order valence-electron chi connectivity index (χ4n) is 6.80. The normalized spacial score (nSPS) is 11.5. The highest BCUT2D eigenvalue weighted by Crippen LogP contribution is 2.43. The third-order valence-electron chi connectivity index (χ3n) is 9.05. The van der Waals surface area contributed by atoms with Gasteiger partial charge in [-0.2, -0.15) is 0 Å². The van der Waals surface area contributed by atoms with E-state index in [1.54, 1.807) is 0 Å². The minimum Gasteiger partial charge on any atom is -0.310 e. The molecule has 0 aliphatic carbocycles. The summed E-state index contributed by atoms with van der Waals surface area (Å²) in [5.41, 5.74) is 8.31. The molecule has 1 nitrogen and oxygen atoms in total. The molecule has 0 N–H and O–H groups in total. The van der Waals surface area contributed by atoms with Crippen LogP contribution in [-0.4, -0.2) is 0 Å². The molecule has 0 saturated carbocycles. The van der Waals surface area contributed by atoms with Gasteiger partial charge in [-0.25, -0.2) is 0 Å². The Kier molecular flexibility index (Phi) is 6.40. The van der Waals surface area contributed by atoms with E-state index in [4.69, 9.17) is 0 Å². The lowest BCUT2D eigenvalue weighted by Gasteiger charge is -2.27. The molecule has 9 aromatic rings. The van der Waals surface area contributed by atoms with Crippen LogP contribution in [0.1, 0.15) is 0 Å². The Labute approximate surface area is 272 Å². The Hall–Kier alpha value is -5.70. The van der Waals surface area contributed by atoms with Crippen LogP contribution in [0, 0.1) is 0 Å². The maximum Gasteiger partial charge on any atom is 0.0540 e. The molecule has 1 heterocycles. The van der Waals surface area contributed by atoms with Crippen LogP contribution in [-0.2, 0) is 0 Å². The SMILES string of the molecule is c1ccc(-c2ccc(N(c3ccc(-c4cccc5ccccc45)cc3)c3cccc4cc5c(cc34)sc3ccccc35)cc2)cc1. The Bertz CT molecular complexity index is 2500. The molecule has 0 saturated heterocycles. The summed E-state index contributed by atoms with van der Waals surface area (Å²) in [7, 11) is 0. The van der Waals surface area contributed by atoms with Gasteiger partial charge in [0.25, 0.3) is 0 Å². The van der Waals surface area contributed by atoms with Gasteiger partial charge < -0.3 is 4.90 Å². The highest BCUT2D eigenvalue weighted by atomic mass is 32.1. The Balaban J connectivity index is 1.22. The van der Waals surface area contributed by atoms with Gasteiger partial charge in [0.1, 0.15) is 0 Å². The zero-order valence-electron chi connectivity index (χ0n) is 25.1. The number of thiophene rings is 1. The minimum atomic E-state index is 1.13. The van der Waals surface area contributed by atoms with Crippen molar-refractivity contribution < 1.29 is 0 Å². The van der Waals surface area contributed by atoms with E-state index in [1.807, 2.05) is 11.3 Å². The van der Waals surface area contributed by atoms with Crippen LogP contribution in [0.2, 0.25) is 0 Å². The lowest BCUT2D eigenvalue weighted by atomic mass is 9.98. The quantitative estimate of drug-likeness (QED) is 0.189. The predicted octanol–water partition coefficient (Wildman–Crippen LogP) is 13.2. The van der Waals surface area contributed by atoms with Crippen molar-refractivity contribution in [3.05, 3.63) is 176 Å². The van der Waals surface area contributed by atoms with Gasteiger partial charge in [0.2, 0.25) is 0 Å². The van der Waals surface area contributed by atoms with Crippen molar-refractivity contribution in [2.24, 2.45) is 0 Å². The first-order valence-electron chi connectivity index (χ1n) is 15.7. The first-order chi connectivity index (χ1) is 22.8. The molecule has 216 valence electrons. The third-order valence-corrected chi connectivity index (χ3v) is 10.2. The third kappa shape index (κ3) is 4.54. The second-order valence-corrected chi connectivity index (χ2v) is 12.9. The molecule has 8 aromatic carbocycles. The summed E-state index contributed by atoms with van der Waals surface area (Å²) in [5, 5.41) is 7.66. The topological polar surface area (TPSA) is 3.24 Å². The van der Waals surface area contributed by atoms with E-state index >= 15 is 0 Å². The maximum absolute atomic E-state index is 2.41. The van der Waals surface area contributed by atoms with Gasteiger partial charge in [0, 0.05) is 36.9 Å². The Morgan fingerprint density at radius 2 is 0.957 bits per heavy atom. The van der Waals surface area contributed by atoms with Crippen LogP contribution in [0.4, 0.5) is 17.1 Å². The monoisotopic (exact) mass is 603 g/mol. The first-order valence-corrected chi connectivity index (χ1v) is 16.5. The lowest BCUT2D eigenvalue weighted by Crippen LogP contribution is -2.10. The number of rotatable bonds is 5.